The third-order valence-electron chi connectivity index (χ3n) is 1.83. The molecule has 0 saturated carbocycles. The Morgan fingerprint density at radius 2 is 2.42 bits per heavy atom. The van der Waals surface area contributed by atoms with Crippen molar-refractivity contribution in [1.29, 1.82) is 0 Å². The van der Waals surface area contributed by atoms with E-state index in [-0.39, 0.29) is 0 Å². The van der Waals surface area contributed by atoms with Crippen molar-refractivity contribution in [1.82, 2.24) is 0 Å². The van der Waals surface area contributed by atoms with Gasteiger partial charge in [-0.25, -0.2) is 0 Å². The number of hydrogen-bond donors (Lipinski definition) is 1. The molecule has 1 aromatic carbocycles. The molecule has 1 heterocycles. The van der Waals surface area contributed by atoms with Crippen molar-refractivity contribution in [3.63, 3.8) is 0 Å². The third kappa shape index (κ3) is 1.34. The van der Waals surface area contributed by atoms with Crippen LogP contribution in [0.15, 0.2) is 18.2 Å². The number of anilines is 1. The first-order valence-corrected chi connectivity index (χ1v) is 4.32. The molecule has 0 radical (unpaired) electrons. The summed E-state index contributed by atoms with van der Waals surface area (Å²) in [7, 11) is 0. The maximum Gasteiger partial charge on any atom is 0.142 e. The van der Waals surface area contributed by atoms with Crippen LogP contribution in [0.4, 0.5) is 5.69 Å². The molecule has 1 aliphatic rings. The summed E-state index contributed by atoms with van der Waals surface area (Å²) in [5, 5.41) is 4.03. The number of ether oxygens (including phenoxy) is 1. The predicted octanol–water partition coefficient (Wildman–Crippen LogP) is 2.53. The van der Waals surface area contributed by atoms with E-state index < -0.39 is 0 Å². The molecule has 12 heavy (non-hydrogen) atoms. The minimum atomic E-state index is 0.357. The van der Waals surface area contributed by atoms with Crippen LogP contribution >= 0.6 is 11.6 Å². The molecule has 3 heteroatoms. The fourth-order valence-corrected chi connectivity index (χ4v) is 1.43. The normalized spacial score (nSPS) is 20.7. The number of hydrogen-bond acceptors (Lipinski definition) is 2. The van der Waals surface area contributed by atoms with Crippen LogP contribution in [0.2, 0.25) is 5.02 Å². The molecule has 0 fully saturated rings. The first kappa shape index (κ1) is 7.74. The summed E-state index contributed by atoms with van der Waals surface area (Å²) in [6, 6.07) is 5.96. The Balaban J connectivity index is 2.37. The van der Waals surface area contributed by atoms with E-state index in [0.717, 1.165) is 16.5 Å². The summed E-state index contributed by atoms with van der Waals surface area (Å²) in [5.74, 6) is 0.887. The van der Waals surface area contributed by atoms with Crippen molar-refractivity contribution in [2.75, 3.05) is 11.9 Å². The van der Waals surface area contributed by atoms with Gasteiger partial charge in [0.05, 0.1) is 11.7 Å². The summed E-state index contributed by atoms with van der Waals surface area (Å²) in [6.45, 7) is 2.79. The quantitative estimate of drug-likeness (QED) is 0.668. The number of fused-ring (bicyclic) bond motifs is 1. The smallest absolute Gasteiger partial charge is 0.142 e. The van der Waals surface area contributed by atoms with E-state index in [2.05, 4.69) is 12.2 Å². The molecule has 64 valence electrons. The average molecular weight is 184 g/mol. The van der Waals surface area contributed by atoms with Gasteiger partial charge in [0, 0.05) is 5.02 Å². The molecule has 1 N–H and O–H groups in total. The Morgan fingerprint density at radius 1 is 1.58 bits per heavy atom. The molecule has 1 atom stereocenters. The molecule has 0 bridgehead atoms. The lowest BCUT2D eigenvalue weighted by Gasteiger charge is -2.24. The highest BCUT2D eigenvalue weighted by atomic mass is 35.5. The monoisotopic (exact) mass is 183 g/mol. The zero-order valence-corrected chi connectivity index (χ0v) is 7.56. The van der Waals surface area contributed by atoms with Gasteiger partial charge in [0.15, 0.2) is 0 Å². The number of benzene rings is 1. The van der Waals surface area contributed by atoms with E-state index in [0.29, 0.717) is 12.6 Å². The SMILES string of the molecule is CC1COc2ccc(Cl)cc2N1. The fraction of sp³-hybridized carbons (Fsp3) is 0.333. The van der Waals surface area contributed by atoms with Crippen LogP contribution in [0.1, 0.15) is 6.92 Å². The standard InChI is InChI=1S/C9H10ClNO/c1-6-5-12-9-3-2-7(10)4-8(9)11-6/h2-4,6,11H,5H2,1H3. The molecule has 1 aliphatic heterocycles. The Hall–Kier alpha value is -0.890. The van der Waals surface area contributed by atoms with Gasteiger partial charge < -0.3 is 10.1 Å². The van der Waals surface area contributed by atoms with Gasteiger partial charge in [-0.05, 0) is 25.1 Å². The second-order valence-electron chi connectivity index (χ2n) is 3.00. The second-order valence-corrected chi connectivity index (χ2v) is 3.43. The maximum atomic E-state index is 5.83. The van der Waals surface area contributed by atoms with Crippen LogP contribution < -0.4 is 10.1 Å². The lowest BCUT2D eigenvalue weighted by Crippen LogP contribution is -2.28. The van der Waals surface area contributed by atoms with E-state index in [9.17, 15) is 0 Å². The highest BCUT2D eigenvalue weighted by molar-refractivity contribution is 6.30. The van der Waals surface area contributed by atoms with Crippen molar-refractivity contribution in [2.45, 2.75) is 13.0 Å². The van der Waals surface area contributed by atoms with Crippen LogP contribution in [0.5, 0.6) is 5.75 Å². The minimum absolute atomic E-state index is 0.357. The van der Waals surface area contributed by atoms with Crippen molar-refractivity contribution in [2.24, 2.45) is 0 Å². The van der Waals surface area contributed by atoms with Gasteiger partial charge in [0.1, 0.15) is 12.4 Å². The molecule has 0 spiro atoms. The van der Waals surface area contributed by atoms with Crippen molar-refractivity contribution >= 4 is 17.3 Å². The van der Waals surface area contributed by atoms with Crippen molar-refractivity contribution < 1.29 is 4.74 Å². The van der Waals surface area contributed by atoms with E-state index in [1.165, 1.54) is 0 Å². The fourth-order valence-electron chi connectivity index (χ4n) is 1.26. The van der Waals surface area contributed by atoms with Gasteiger partial charge >= 0.3 is 0 Å². The largest absolute Gasteiger partial charge is 0.489 e. The van der Waals surface area contributed by atoms with E-state index >= 15 is 0 Å². The molecule has 0 saturated heterocycles. The average Bonchev–Trinajstić information content (AvgIpc) is 2.03. The second kappa shape index (κ2) is 2.87. The van der Waals surface area contributed by atoms with Crippen LogP contribution in [0.25, 0.3) is 0 Å². The predicted molar refractivity (Wildman–Crippen MR) is 50.0 cm³/mol. The number of halogens is 1. The molecule has 0 aliphatic carbocycles. The van der Waals surface area contributed by atoms with Crippen molar-refractivity contribution in [3.8, 4) is 5.75 Å². The Labute approximate surface area is 76.5 Å². The summed E-state index contributed by atoms with van der Waals surface area (Å²) < 4.78 is 5.47. The highest BCUT2D eigenvalue weighted by Gasteiger charge is 2.14. The van der Waals surface area contributed by atoms with Gasteiger partial charge in [-0.3, -0.25) is 0 Å². The first-order chi connectivity index (χ1) is 5.75. The van der Waals surface area contributed by atoms with Gasteiger partial charge in [-0.15, -0.1) is 0 Å². The van der Waals surface area contributed by atoms with Crippen LogP contribution in [-0.2, 0) is 0 Å². The van der Waals surface area contributed by atoms with Crippen LogP contribution in [0, 0.1) is 0 Å². The Bertz CT molecular complexity index is 301. The minimum Gasteiger partial charge on any atom is -0.489 e. The van der Waals surface area contributed by atoms with Crippen molar-refractivity contribution in [3.05, 3.63) is 23.2 Å². The zero-order valence-electron chi connectivity index (χ0n) is 6.80. The maximum absolute atomic E-state index is 5.83. The Morgan fingerprint density at radius 3 is 3.25 bits per heavy atom. The van der Waals surface area contributed by atoms with Gasteiger partial charge in [0.25, 0.3) is 0 Å². The van der Waals surface area contributed by atoms with E-state index in [1.807, 2.05) is 18.2 Å². The first-order valence-electron chi connectivity index (χ1n) is 3.94. The van der Waals surface area contributed by atoms with Gasteiger partial charge in [-0.2, -0.15) is 0 Å². The van der Waals surface area contributed by atoms with Gasteiger partial charge in [0.2, 0.25) is 0 Å². The van der Waals surface area contributed by atoms with Crippen LogP contribution in [0.3, 0.4) is 0 Å². The summed E-state index contributed by atoms with van der Waals surface area (Å²) in [5.41, 5.74) is 0.987. The number of rotatable bonds is 0. The van der Waals surface area contributed by atoms with E-state index in [4.69, 9.17) is 16.3 Å². The van der Waals surface area contributed by atoms with E-state index in [1.54, 1.807) is 0 Å². The molecular weight excluding hydrogens is 174 g/mol. The summed E-state index contributed by atoms with van der Waals surface area (Å²) >= 11 is 5.83. The lowest BCUT2D eigenvalue weighted by molar-refractivity contribution is 0.292. The molecule has 2 rings (SSSR count). The zero-order chi connectivity index (χ0) is 8.55. The molecule has 0 aromatic heterocycles. The molecule has 1 aromatic rings. The molecular formula is C9H10ClNO. The molecule has 0 amide bonds. The summed E-state index contributed by atoms with van der Waals surface area (Å²) in [6.07, 6.45) is 0. The van der Waals surface area contributed by atoms with Gasteiger partial charge in [-0.1, -0.05) is 11.6 Å². The third-order valence-corrected chi connectivity index (χ3v) is 2.07. The highest BCUT2D eigenvalue weighted by Crippen LogP contribution is 2.31. The molecule has 2 nitrogen and oxygen atoms in total. The molecule has 1 unspecified atom stereocenters. The summed E-state index contributed by atoms with van der Waals surface area (Å²) in [4.78, 5) is 0. The Kier molecular flexibility index (Phi) is 1.85. The van der Waals surface area contributed by atoms with Crippen LogP contribution in [-0.4, -0.2) is 12.6 Å². The topological polar surface area (TPSA) is 21.3 Å². The lowest BCUT2D eigenvalue weighted by atomic mass is 10.2. The number of nitrogens with one attached hydrogen (secondary N) is 1.